The third kappa shape index (κ3) is 18.1. The smallest absolute Gasteiger partial charge is 0.416 e. The third-order valence-corrected chi connectivity index (χ3v) is 10.1. The van der Waals surface area contributed by atoms with Crippen LogP contribution in [0.1, 0.15) is 78.4 Å². The van der Waals surface area contributed by atoms with Gasteiger partial charge in [0.1, 0.15) is 32.7 Å². The Morgan fingerprint density at radius 3 is 1.43 bits per heavy atom. The summed E-state index contributed by atoms with van der Waals surface area (Å²) >= 11 is 18.0. The number of pyridine rings is 2. The predicted octanol–water partition coefficient (Wildman–Crippen LogP) is 12.5. The van der Waals surface area contributed by atoms with Gasteiger partial charge in [0.25, 0.3) is 0 Å². The predicted molar refractivity (Wildman–Crippen MR) is 236 cm³/mol. The molecule has 356 valence electrons. The molecule has 65 heavy (non-hydrogen) atoms. The molecule has 0 atom stereocenters. The van der Waals surface area contributed by atoms with E-state index in [1.54, 1.807) is 6.07 Å². The van der Waals surface area contributed by atoms with E-state index < -0.39 is 40.8 Å². The van der Waals surface area contributed by atoms with Crippen molar-refractivity contribution >= 4 is 52.8 Å². The molecule has 0 radical (unpaired) electrons. The minimum Gasteiger partial charge on any atom is -0.456 e. The van der Waals surface area contributed by atoms with E-state index in [2.05, 4.69) is 25.9 Å². The van der Waals surface area contributed by atoms with E-state index in [0.717, 1.165) is 50.2 Å². The number of carbonyl (C=O) groups excluding carboxylic acids is 2. The number of nitrogens with one attached hydrogen (secondary N) is 3. The number of alkyl carbamates (subject to hydrolysis) is 2. The van der Waals surface area contributed by atoms with E-state index in [1.807, 2.05) is 46.4 Å². The summed E-state index contributed by atoms with van der Waals surface area (Å²) in [5.41, 5.74) is -2.47. The van der Waals surface area contributed by atoms with Gasteiger partial charge in [0.15, 0.2) is 22.5 Å². The van der Waals surface area contributed by atoms with Crippen LogP contribution >= 0.6 is 34.8 Å². The molecular formula is C44H51Cl3F6N6O6. The molecule has 6 rings (SSSR count). The number of rotatable bonds is 7. The summed E-state index contributed by atoms with van der Waals surface area (Å²) < 4.78 is 96.8. The number of alkyl halides is 6. The Morgan fingerprint density at radius 2 is 1.02 bits per heavy atom. The van der Waals surface area contributed by atoms with Crippen molar-refractivity contribution in [1.82, 2.24) is 25.9 Å². The number of carbonyl (C=O) groups is 2. The molecular weight excluding hydrogens is 929 g/mol. The fourth-order valence-corrected chi connectivity index (χ4v) is 6.59. The first-order valence-corrected chi connectivity index (χ1v) is 21.5. The minimum atomic E-state index is -4.41. The average Bonchev–Trinajstić information content (AvgIpc) is 3.20. The summed E-state index contributed by atoms with van der Waals surface area (Å²) in [4.78, 5) is 33.4. The summed E-state index contributed by atoms with van der Waals surface area (Å²) in [5, 5.41) is 9.43. The molecule has 4 aromatic rings. The SMILES string of the molecule is CC(C)(C)OC(=O)NC1CCN(c2nccc(Oc3ccc(C(F)(F)F)cc3)c2Cl)CC1.CC(C)(C)OC(=O)NC1CCNCC1.FC(F)(F)c1ccc(Oc2ccnc(Cl)c2Cl)cc1. The number of benzene rings is 2. The molecule has 0 aliphatic carbocycles. The number of nitrogens with zero attached hydrogens (tertiary/aromatic N) is 3. The van der Waals surface area contributed by atoms with Crippen molar-refractivity contribution in [3.8, 4) is 23.0 Å². The van der Waals surface area contributed by atoms with Crippen LogP contribution in [0.5, 0.6) is 23.0 Å². The Morgan fingerprint density at radius 1 is 0.615 bits per heavy atom. The zero-order chi connectivity index (χ0) is 48.2. The molecule has 0 unspecified atom stereocenters. The second-order valence-electron chi connectivity index (χ2n) is 16.7. The number of aromatic nitrogens is 2. The van der Waals surface area contributed by atoms with Crippen LogP contribution in [0.2, 0.25) is 15.2 Å². The lowest BCUT2D eigenvalue weighted by molar-refractivity contribution is -0.138. The van der Waals surface area contributed by atoms with Crippen LogP contribution in [0.3, 0.4) is 0 Å². The van der Waals surface area contributed by atoms with E-state index in [4.69, 9.17) is 53.8 Å². The molecule has 2 fully saturated rings. The zero-order valence-electron chi connectivity index (χ0n) is 36.4. The molecule has 2 aliphatic heterocycles. The Kier molecular flexibility index (Phi) is 18.7. The van der Waals surface area contributed by atoms with Gasteiger partial charge in [-0.05, 0) is 129 Å². The highest BCUT2D eigenvalue weighted by molar-refractivity contribution is 6.42. The third-order valence-electron chi connectivity index (χ3n) is 9.04. The molecule has 2 aliphatic rings. The maximum Gasteiger partial charge on any atom is 0.416 e. The highest BCUT2D eigenvalue weighted by atomic mass is 35.5. The minimum absolute atomic E-state index is 0.0218. The summed E-state index contributed by atoms with van der Waals surface area (Å²) in [6.07, 6.45) is -3.29. The van der Waals surface area contributed by atoms with Gasteiger partial charge in [0, 0.05) is 49.7 Å². The summed E-state index contributed by atoms with van der Waals surface area (Å²) in [6.45, 7) is 14.2. The first-order chi connectivity index (χ1) is 30.3. The van der Waals surface area contributed by atoms with Gasteiger partial charge >= 0.3 is 24.5 Å². The summed E-state index contributed by atoms with van der Waals surface area (Å²) in [6, 6.07) is 11.9. The Labute approximate surface area is 388 Å². The van der Waals surface area contributed by atoms with Crippen LogP contribution in [0.25, 0.3) is 0 Å². The first kappa shape index (κ1) is 52.7. The van der Waals surface area contributed by atoms with Crippen molar-refractivity contribution in [3.05, 3.63) is 99.4 Å². The fourth-order valence-electron chi connectivity index (χ4n) is 6.02. The van der Waals surface area contributed by atoms with Crippen LogP contribution < -0.4 is 30.3 Å². The van der Waals surface area contributed by atoms with Crippen LogP contribution in [-0.2, 0) is 21.8 Å². The number of hydrogen-bond acceptors (Lipinski definition) is 10. The number of hydrogen-bond donors (Lipinski definition) is 3. The molecule has 2 saturated heterocycles. The lowest BCUT2D eigenvalue weighted by Gasteiger charge is -2.34. The Hall–Kier alpha value is -4.91. The maximum atomic E-state index is 12.7. The van der Waals surface area contributed by atoms with Crippen LogP contribution in [-0.4, -0.2) is 71.6 Å². The lowest BCUT2D eigenvalue weighted by Crippen LogP contribution is -2.46. The van der Waals surface area contributed by atoms with Crippen molar-refractivity contribution in [1.29, 1.82) is 0 Å². The van der Waals surface area contributed by atoms with Gasteiger partial charge in [-0.25, -0.2) is 19.6 Å². The van der Waals surface area contributed by atoms with Gasteiger partial charge in [-0.3, -0.25) is 0 Å². The number of anilines is 1. The van der Waals surface area contributed by atoms with Gasteiger partial charge in [-0.15, -0.1) is 0 Å². The Balaban J connectivity index is 0.000000237. The molecule has 3 N–H and O–H groups in total. The van der Waals surface area contributed by atoms with E-state index in [-0.39, 0.29) is 50.6 Å². The van der Waals surface area contributed by atoms with Crippen molar-refractivity contribution in [2.75, 3.05) is 31.1 Å². The van der Waals surface area contributed by atoms with Crippen molar-refractivity contribution < 1.29 is 54.9 Å². The van der Waals surface area contributed by atoms with Crippen molar-refractivity contribution in [2.24, 2.45) is 0 Å². The maximum absolute atomic E-state index is 12.7. The van der Waals surface area contributed by atoms with E-state index in [0.29, 0.717) is 37.5 Å². The van der Waals surface area contributed by atoms with Gasteiger partial charge in [-0.1, -0.05) is 34.8 Å². The number of amides is 2. The van der Waals surface area contributed by atoms with Gasteiger partial charge < -0.3 is 39.8 Å². The van der Waals surface area contributed by atoms with Crippen LogP contribution in [0.4, 0.5) is 41.7 Å². The molecule has 2 aromatic carbocycles. The standard InChI is InChI=1S/C22H25ClF3N3O3.C12H6Cl2F3NO.C10H20N2O2/c1-21(2,3)32-20(30)28-15-9-12-29(13-10-15)19-18(23)17(8-11-27-19)31-16-6-4-14(5-7-16)22(24,25)26;13-10-9(5-6-18-11(10)14)19-8-3-1-7(2-4-8)12(15,16)17;1-10(2,3)14-9(13)12-8-4-6-11-7-5-8/h4-8,11,15H,9-10,12-13H2,1-3H3,(H,28,30);1-6H;8,11H,4-7H2,1-3H3,(H,12,13). The molecule has 2 amide bonds. The van der Waals surface area contributed by atoms with Gasteiger partial charge in [0.05, 0.1) is 11.1 Å². The summed E-state index contributed by atoms with van der Waals surface area (Å²) in [7, 11) is 0. The monoisotopic (exact) mass is 978 g/mol. The van der Waals surface area contributed by atoms with Gasteiger partial charge in [-0.2, -0.15) is 26.3 Å². The molecule has 0 bridgehead atoms. The largest absolute Gasteiger partial charge is 0.456 e. The normalized spacial score (nSPS) is 15.0. The summed E-state index contributed by atoms with van der Waals surface area (Å²) in [5.74, 6) is 1.49. The van der Waals surface area contributed by atoms with Gasteiger partial charge in [0.2, 0.25) is 0 Å². The highest BCUT2D eigenvalue weighted by Gasteiger charge is 2.31. The quantitative estimate of drug-likeness (QED) is 0.121. The second kappa shape index (κ2) is 23.0. The number of piperidine rings is 2. The van der Waals surface area contributed by atoms with Crippen molar-refractivity contribution in [3.63, 3.8) is 0 Å². The van der Waals surface area contributed by atoms with E-state index in [1.165, 1.54) is 42.7 Å². The highest BCUT2D eigenvalue weighted by Crippen LogP contribution is 2.38. The number of ether oxygens (including phenoxy) is 4. The number of halogens is 9. The molecule has 21 heteroatoms. The zero-order valence-corrected chi connectivity index (χ0v) is 38.7. The molecule has 0 saturated carbocycles. The van der Waals surface area contributed by atoms with E-state index in [9.17, 15) is 35.9 Å². The fraction of sp³-hybridized carbons (Fsp3) is 0.455. The van der Waals surface area contributed by atoms with Crippen LogP contribution in [0, 0.1) is 0 Å². The first-order valence-electron chi connectivity index (χ1n) is 20.4. The van der Waals surface area contributed by atoms with E-state index >= 15 is 0 Å². The lowest BCUT2D eigenvalue weighted by atomic mass is 10.1. The average molecular weight is 980 g/mol. The molecule has 0 spiro atoms. The second-order valence-corrected chi connectivity index (χ2v) is 17.8. The molecule has 12 nitrogen and oxygen atoms in total. The van der Waals surface area contributed by atoms with Crippen LogP contribution in [0.15, 0.2) is 73.1 Å². The Bertz CT molecular complexity index is 2160. The molecule has 2 aromatic heterocycles. The molecule has 4 heterocycles. The van der Waals surface area contributed by atoms with Crippen molar-refractivity contribution in [2.45, 2.75) is 103 Å². The topological polar surface area (TPSA) is 136 Å².